The van der Waals surface area contributed by atoms with Crippen molar-refractivity contribution >= 4 is 5.65 Å². The molecule has 0 fully saturated rings. The number of hydrogen-bond donors (Lipinski definition) is 1. The lowest BCUT2D eigenvalue weighted by Gasteiger charge is -2.14. The lowest BCUT2D eigenvalue weighted by Crippen LogP contribution is -2.13. The number of hydrogen-bond acceptors (Lipinski definition) is 2. The molecule has 3 aromatic rings. The fourth-order valence-electron chi connectivity index (χ4n) is 2.66. The van der Waals surface area contributed by atoms with E-state index in [1.54, 1.807) is 6.07 Å². The van der Waals surface area contributed by atoms with Crippen LogP contribution in [0.5, 0.6) is 0 Å². The second kappa shape index (κ2) is 3.32. The van der Waals surface area contributed by atoms with Crippen molar-refractivity contribution in [3.05, 3.63) is 58.1 Å². The largest absolute Gasteiger partial charge is 0.320 e. The maximum Gasteiger partial charge on any atom is 0.248 e. The molecule has 1 N–H and O–H groups in total. The molecule has 4 nitrogen and oxygen atoms in total. The summed E-state index contributed by atoms with van der Waals surface area (Å²) in [6.45, 7) is 0. The highest BCUT2D eigenvalue weighted by Gasteiger charge is 2.21. The van der Waals surface area contributed by atoms with E-state index in [0.29, 0.717) is 0 Å². The molecule has 0 aliphatic heterocycles. The molecule has 0 atom stereocenters. The minimum atomic E-state index is -0.0707. The predicted molar refractivity (Wildman–Crippen MR) is 68.7 cm³/mol. The van der Waals surface area contributed by atoms with E-state index < -0.39 is 0 Å². The van der Waals surface area contributed by atoms with E-state index in [2.05, 4.69) is 14.4 Å². The summed E-state index contributed by atoms with van der Waals surface area (Å²) in [5.41, 5.74) is 5.01. The quantitative estimate of drug-likeness (QED) is 0.648. The fraction of sp³-hybridized carbons (Fsp3) is 0.143. The number of rotatable bonds is 0. The summed E-state index contributed by atoms with van der Waals surface area (Å²) in [4.78, 5) is 19.0. The Kier molecular flexibility index (Phi) is 1.78. The van der Waals surface area contributed by atoms with Gasteiger partial charge >= 0.3 is 0 Å². The maximum atomic E-state index is 11.5. The number of aromatic amines is 1. The van der Waals surface area contributed by atoms with Crippen LogP contribution in [-0.4, -0.2) is 14.4 Å². The molecular weight excluding hydrogens is 226 g/mol. The highest BCUT2D eigenvalue weighted by molar-refractivity contribution is 5.68. The fourth-order valence-corrected chi connectivity index (χ4v) is 2.66. The summed E-state index contributed by atoms with van der Waals surface area (Å²) >= 11 is 0. The minimum absolute atomic E-state index is 0.0707. The van der Waals surface area contributed by atoms with E-state index in [1.165, 1.54) is 11.3 Å². The van der Waals surface area contributed by atoms with Crippen LogP contribution in [0.2, 0.25) is 0 Å². The Hall–Kier alpha value is -2.36. The van der Waals surface area contributed by atoms with Gasteiger partial charge in [-0.2, -0.15) is 0 Å². The number of imidazole rings is 1. The zero-order valence-corrected chi connectivity index (χ0v) is 9.68. The number of fused-ring (bicyclic) bond motifs is 5. The molecule has 0 unspecified atom stereocenters. The Morgan fingerprint density at radius 1 is 1.17 bits per heavy atom. The van der Waals surface area contributed by atoms with E-state index in [0.717, 1.165) is 29.9 Å². The first-order valence-corrected chi connectivity index (χ1v) is 6.01. The molecule has 0 aromatic carbocycles. The van der Waals surface area contributed by atoms with Crippen LogP contribution in [0.15, 0.2) is 41.3 Å². The van der Waals surface area contributed by atoms with Gasteiger partial charge in [0.1, 0.15) is 11.3 Å². The molecule has 0 saturated carbocycles. The first kappa shape index (κ1) is 9.65. The summed E-state index contributed by atoms with van der Waals surface area (Å²) in [6.07, 6.45) is 3.93. The van der Waals surface area contributed by atoms with Gasteiger partial charge in [0.25, 0.3) is 0 Å². The molecule has 0 bridgehead atoms. The molecule has 4 rings (SSSR count). The Labute approximate surface area is 103 Å². The number of aryl methyl sites for hydroxylation is 2. The van der Waals surface area contributed by atoms with Gasteiger partial charge in [0.2, 0.25) is 5.56 Å². The molecule has 88 valence electrons. The molecular formula is C14H11N3O. The van der Waals surface area contributed by atoms with Crippen LogP contribution in [0, 0.1) is 0 Å². The van der Waals surface area contributed by atoms with E-state index in [9.17, 15) is 4.79 Å². The lowest BCUT2D eigenvalue weighted by molar-refractivity contribution is 0.868. The van der Waals surface area contributed by atoms with Gasteiger partial charge in [0.05, 0.1) is 11.4 Å². The standard InChI is InChI=1S/C14H11N3O/c18-12-7-5-9-4-6-10-14(13(9)16-12)15-11-3-1-2-8-17(10)11/h1-3,5,7-8H,4,6H2,(H,16,18). The average molecular weight is 237 g/mol. The van der Waals surface area contributed by atoms with Gasteiger partial charge in [0, 0.05) is 12.3 Å². The lowest BCUT2D eigenvalue weighted by atomic mass is 9.97. The smallest absolute Gasteiger partial charge is 0.248 e. The summed E-state index contributed by atoms with van der Waals surface area (Å²) < 4.78 is 2.10. The molecule has 3 aromatic heterocycles. The van der Waals surface area contributed by atoms with Gasteiger partial charge in [-0.25, -0.2) is 4.98 Å². The monoisotopic (exact) mass is 237 g/mol. The normalized spacial score (nSPS) is 13.3. The van der Waals surface area contributed by atoms with E-state index in [-0.39, 0.29) is 5.56 Å². The molecule has 0 radical (unpaired) electrons. The number of pyridine rings is 2. The predicted octanol–water partition coefficient (Wildman–Crippen LogP) is 1.79. The van der Waals surface area contributed by atoms with Gasteiger partial charge in [-0.1, -0.05) is 12.1 Å². The average Bonchev–Trinajstić information content (AvgIpc) is 2.78. The van der Waals surface area contributed by atoms with Crippen LogP contribution >= 0.6 is 0 Å². The maximum absolute atomic E-state index is 11.5. The summed E-state index contributed by atoms with van der Waals surface area (Å²) in [7, 11) is 0. The zero-order valence-electron chi connectivity index (χ0n) is 9.68. The van der Waals surface area contributed by atoms with Crippen molar-refractivity contribution in [1.29, 1.82) is 0 Å². The topological polar surface area (TPSA) is 50.2 Å². The molecule has 3 heterocycles. The third-order valence-corrected chi connectivity index (χ3v) is 3.50. The molecule has 18 heavy (non-hydrogen) atoms. The summed E-state index contributed by atoms with van der Waals surface area (Å²) in [6, 6.07) is 9.44. The van der Waals surface area contributed by atoms with Gasteiger partial charge in [0.15, 0.2) is 0 Å². The number of aromatic nitrogens is 3. The van der Waals surface area contributed by atoms with Gasteiger partial charge in [-0.15, -0.1) is 0 Å². The van der Waals surface area contributed by atoms with E-state index in [4.69, 9.17) is 0 Å². The first-order valence-electron chi connectivity index (χ1n) is 6.01. The molecule has 1 aliphatic rings. The third-order valence-electron chi connectivity index (χ3n) is 3.50. The van der Waals surface area contributed by atoms with Crippen molar-refractivity contribution < 1.29 is 0 Å². The van der Waals surface area contributed by atoms with Crippen molar-refractivity contribution in [2.75, 3.05) is 0 Å². The van der Waals surface area contributed by atoms with Gasteiger partial charge in [-0.05, 0) is 30.5 Å². The van der Waals surface area contributed by atoms with Crippen LogP contribution in [0.4, 0.5) is 0 Å². The molecule has 0 spiro atoms. The van der Waals surface area contributed by atoms with E-state index in [1.807, 2.05) is 30.5 Å². The van der Waals surface area contributed by atoms with Gasteiger partial charge in [-0.3, -0.25) is 4.79 Å². The summed E-state index contributed by atoms with van der Waals surface area (Å²) in [5, 5.41) is 0. The van der Waals surface area contributed by atoms with E-state index >= 15 is 0 Å². The second-order valence-electron chi connectivity index (χ2n) is 4.56. The van der Waals surface area contributed by atoms with Crippen LogP contribution in [-0.2, 0) is 12.8 Å². The van der Waals surface area contributed by atoms with Crippen molar-refractivity contribution in [2.24, 2.45) is 0 Å². The Morgan fingerprint density at radius 2 is 2.11 bits per heavy atom. The molecule has 1 aliphatic carbocycles. The number of H-pyrrole nitrogens is 1. The van der Waals surface area contributed by atoms with Crippen LogP contribution in [0.3, 0.4) is 0 Å². The Bertz CT molecular complexity index is 813. The Morgan fingerprint density at radius 3 is 3.06 bits per heavy atom. The highest BCUT2D eigenvalue weighted by atomic mass is 16.1. The SMILES string of the molecule is O=c1ccc2c([nH]1)-c1nc3ccccn3c1CC2. The van der Waals surface area contributed by atoms with Gasteiger partial charge < -0.3 is 9.38 Å². The first-order chi connectivity index (χ1) is 8.83. The minimum Gasteiger partial charge on any atom is -0.320 e. The molecule has 0 amide bonds. The molecule has 4 heteroatoms. The number of nitrogens with one attached hydrogen (secondary N) is 1. The number of nitrogens with zero attached hydrogens (tertiary/aromatic N) is 2. The third kappa shape index (κ3) is 1.20. The van der Waals surface area contributed by atoms with Crippen molar-refractivity contribution in [1.82, 2.24) is 14.4 Å². The Balaban J connectivity index is 2.11. The second-order valence-corrected chi connectivity index (χ2v) is 4.56. The summed E-state index contributed by atoms with van der Waals surface area (Å²) in [5.74, 6) is 0. The van der Waals surface area contributed by atoms with Crippen molar-refractivity contribution in [3.8, 4) is 11.4 Å². The van der Waals surface area contributed by atoms with Crippen LogP contribution < -0.4 is 5.56 Å². The zero-order chi connectivity index (χ0) is 12.1. The highest BCUT2D eigenvalue weighted by Crippen LogP contribution is 2.30. The molecule has 0 saturated heterocycles. The van der Waals surface area contributed by atoms with Crippen LogP contribution in [0.25, 0.3) is 17.0 Å². The van der Waals surface area contributed by atoms with Crippen molar-refractivity contribution in [3.63, 3.8) is 0 Å². The van der Waals surface area contributed by atoms with Crippen LogP contribution in [0.1, 0.15) is 11.3 Å². The van der Waals surface area contributed by atoms with Crippen molar-refractivity contribution in [2.45, 2.75) is 12.8 Å².